The molecule has 1 aromatic heterocycles. The zero-order valence-electron chi connectivity index (χ0n) is 11.8. The van der Waals surface area contributed by atoms with Crippen LogP contribution in [0.4, 0.5) is 5.69 Å². The first-order valence-corrected chi connectivity index (χ1v) is 8.88. The van der Waals surface area contributed by atoms with E-state index in [1.807, 2.05) is 19.9 Å². The predicted molar refractivity (Wildman–Crippen MR) is 83.7 cm³/mol. The number of hydrogen-bond donors (Lipinski definition) is 0. The Hall–Kier alpha value is -1.66. The quantitative estimate of drug-likeness (QED) is 0.854. The highest BCUT2D eigenvalue weighted by Gasteiger charge is 2.33. The third-order valence-electron chi connectivity index (χ3n) is 3.52. The van der Waals surface area contributed by atoms with Gasteiger partial charge in [0.15, 0.2) is 5.78 Å². The topological polar surface area (TPSA) is 54.5 Å². The molecule has 1 aliphatic rings. The second kappa shape index (κ2) is 4.96. The van der Waals surface area contributed by atoms with Gasteiger partial charge >= 0.3 is 0 Å². The summed E-state index contributed by atoms with van der Waals surface area (Å²) < 4.78 is 27.2. The number of nitrogens with zero attached hydrogens (tertiary/aromatic N) is 1. The van der Waals surface area contributed by atoms with Crippen LogP contribution in [0.5, 0.6) is 0 Å². The Kier molecular flexibility index (Phi) is 3.37. The third kappa shape index (κ3) is 2.38. The van der Waals surface area contributed by atoms with Gasteiger partial charge in [0.1, 0.15) is 4.21 Å². The molecule has 1 aliphatic heterocycles. The van der Waals surface area contributed by atoms with Gasteiger partial charge in [-0.2, -0.15) is 0 Å². The summed E-state index contributed by atoms with van der Waals surface area (Å²) in [6, 6.07) is 8.74. The molecule has 2 aromatic rings. The summed E-state index contributed by atoms with van der Waals surface area (Å²) in [5, 5.41) is 0. The Morgan fingerprint density at radius 3 is 2.57 bits per heavy atom. The summed E-state index contributed by atoms with van der Waals surface area (Å²) >= 11 is 1.25. The van der Waals surface area contributed by atoms with Gasteiger partial charge in [-0.15, -0.1) is 11.3 Å². The fourth-order valence-electron chi connectivity index (χ4n) is 2.46. The van der Waals surface area contributed by atoms with Crippen LogP contribution in [-0.2, 0) is 10.0 Å². The summed E-state index contributed by atoms with van der Waals surface area (Å²) in [6.07, 6.45) is 0.222. The van der Waals surface area contributed by atoms with Crippen molar-refractivity contribution >= 4 is 32.8 Å². The fraction of sp³-hybridized carbons (Fsp3) is 0.267. The number of sulfonamides is 1. The molecule has 0 spiro atoms. The van der Waals surface area contributed by atoms with Crippen LogP contribution in [0.1, 0.15) is 27.2 Å². The number of benzene rings is 1. The minimum Gasteiger partial charge on any atom is -0.294 e. The second-order valence-corrected chi connectivity index (χ2v) is 8.51. The van der Waals surface area contributed by atoms with Crippen molar-refractivity contribution in [1.82, 2.24) is 0 Å². The molecule has 1 aromatic carbocycles. The minimum absolute atomic E-state index is 0.00232. The van der Waals surface area contributed by atoms with E-state index >= 15 is 0 Å². The van der Waals surface area contributed by atoms with Crippen LogP contribution in [0.3, 0.4) is 0 Å². The van der Waals surface area contributed by atoms with Gasteiger partial charge in [-0.25, -0.2) is 8.42 Å². The van der Waals surface area contributed by atoms with Crippen LogP contribution in [-0.4, -0.2) is 20.7 Å². The SMILES string of the molecule is Cc1ccc2c(c1)C(=O)CCN2S(=O)(=O)c1ccc(C)s1. The molecule has 0 bridgehead atoms. The molecule has 0 N–H and O–H groups in total. The van der Waals surface area contributed by atoms with Gasteiger partial charge in [0, 0.05) is 23.4 Å². The summed E-state index contributed by atoms with van der Waals surface area (Å²) in [5.74, 6) is 0.00232. The fourth-order valence-corrected chi connectivity index (χ4v) is 5.34. The van der Waals surface area contributed by atoms with E-state index in [0.717, 1.165) is 10.4 Å². The van der Waals surface area contributed by atoms with Crippen molar-refractivity contribution in [2.75, 3.05) is 10.8 Å². The monoisotopic (exact) mass is 321 g/mol. The van der Waals surface area contributed by atoms with Crippen LogP contribution < -0.4 is 4.31 Å². The number of Topliss-reactive ketones (excluding diaryl/α,β-unsaturated/α-hetero) is 1. The number of thiophene rings is 1. The van der Waals surface area contributed by atoms with E-state index in [2.05, 4.69) is 0 Å². The van der Waals surface area contributed by atoms with E-state index in [1.165, 1.54) is 15.6 Å². The number of ketones is 1. The maximum absolute atomic E-state index is 12.8. The smallest absolute Gasteiger partial charge is 0.273 e. The molecule has 0 unspecified atom stereocenters. The zero-order valence-corrected chi connectivity index (χ0v) is 13.4. The number of carbonyl (C=O) groups excluding carboxylic acids is 1. The van der Waals surface area contributed by atoms with Crippen molar-refractivity contribution in [1.29, 1.82) is 0 Å². The number of rotatable bonds is 2. The van der Waals surface area contributed by atoms with E-state index in [9.17, 15) is 13.2 Å². The lowest BCUT2D eigenvalue weighted by Gasteiger charge is -2.29. The second-order valence-electron chi connectivity index (χ2n) is 5.14. The summed E-state index contributed by atoms with van der Waals surface area (Å²) in [5.41, 5.74) is 1.94. The summed E-state index contributed by atoms with van der Waals surface area (Å²) in [4.78, 5) is 13.0. The Bertz CT molecular complexity index is 821. The average molecular weight is 321 g/mol. The Balaban J connectivity index is 2.13. The molecule has 0 atom stereocenters. The Morgan fingerprint density at radius 1 is 1.14 bits per heavy atom. The molecule has 6 heteroatoms. The highest BCUT2D eigenvalue weighted by atomic mass is 32.2. The van der Waals surface area contributed by atoms with Crippen LogP contribution in [0.25, 0.3) is 0 Å². The first-order valence-electron chi connectivity index (χ1n) is 6.62. The number of fused-ring (bicyclic) bond motifs is 1. The van der Waals surface area contributed by atoms with Gasteiger partial charge in [0.2, 0.25) is 0 Å². The number of hydrogen-bond acceptors (Lipinski definition) is 4. The van der Waals surface area contributed by atoms with E-state index in [0.29, 0.717) is 15.5 Å². The third-order valence-corrected chi connectivity index (χ3v) is 6.80. The van der Waals surface area contributed by atoms with Gasteiger partial charge in [-0.3, -0.25) is 9.10 Å². The van der Waals surface area contributed by atoms with Gasteiger partial charge < -0.3 is 0 Å². The maximum atomic E-state index is 12.8. The van der Waals surface area contributed by atoms with Crippen molar-refractivity contribution in [2.24, 2.45) is 0 Å². The molecular weight excluding hydrogens is 306 g/mol. The highest BCUT2D eigenvalue weighted by molar-refractivity contribution is 7.94. The summed E-state index contributed by atoms with van der Waals surface area (Å²) in [7, 11) is -3.59. The van der Waals surface area contributed by atoms with Gasteiger partial charge in [0.25, 0.3) is 10.0 Å². The van der Waals surface area contributed by atoms with E-state index in [-0.39, 0.29) is 18.7 Å². The molecule has 0 fully saturated rings. The van der Waals surface area contributed by atoms with E-state index in [4.69, 9.17) is 0 Å². The molecule has 0 saturated heterocycles. The lowest BCUT2D eigenvalue weighted by molar-refractivity contribution is 0.0982. The molecule has 21 heavy (non-hydrogen) atoms. The Morgan fingerprint density at radius 2 is 1.90 bits per heavy atom. The van der Waals surface area contributed by atoms with Crippen LogP contribution in [0, 0.1) is 13.8 Å². The lowest BCUT2D eigenvalue weighted by atomic mass is 10.0. The zero-order chi connectivity index (χ0) is 15.2. The van der Waals surface area contributed by atoms with Gasteiger partial charge in [0.05, 0.1) is 5.69 Å². The first kappa shape index (κ1) is 14.3. The van der Waals surface area contributed by atoms with Crippen molar-refractivity contribution in [2.45, 2.75) is 24.5 Å². The van der Waals surface area contributed by atoms with Crippen LogP contribution in [0.2, 0.25) is 0 Å². The molecule has 2 heterocycles. The number of anilines is 1. The lowest BCUT2D eigenvalue weighted by Crippen LogP contribution is -2.37. The predicted octanol–water partition coefficient (Wildman–Crippen LogP) is 3.15. The Labute approximate surface area is 128 Å². The van der Waals surface area contributed by atoms with Crippen molar-refractivity contribution in [3.8, 4) is 0 Å². The van der Waals surface area contributed by atoms with E-state index < -0.39 is 10.0 Å². The molecule has 4 nitrogen and oxygen atoms in total. The van der Waals surface area contributed by atoms with Crippen LogP contribution >= 0.6 is 11.3 Å². The number of aryl methyl sites for hydroxylation is 2. The maximum Gasteiger partial charge on any atom is 0.273 e. The van der Waals surface area contributed by atoms with E-state index in [1.54, 1.807) is 24.3 Å². The molecule has 0 amide bonds. The largest absolute Gasteiger partial charge is 0.294 e. The number of carbonyl (C=O) groups is 1. The molecule has 0 radical (unpaired) electrons. The van der Waals surface area contributed by atoms with Gasteiger partial charge in [-0.05, 0) is 38.1 Å². The van der Waals surface area contributed by atoms with Gasteiger partial charge in [-0.1, -0.05) is 11.6 Å². The van der Waals surface area contributed by atoms with Crippen molar-refractivity contribution in [3.05, 3.63) is 46.3 Å². The first-order chi connectivity index (χ1) is 9.89. The van der Waals surface area contributed by atoms with Crippen molar-refractivity contribution < 1.29 is 13.2 Å². The van der Waals surface area contributed by atoms with Crippen molar-refractivity contribution in [3.63, 3.8) is 0 Å². The normalized spacial score (nSPS) is 15.1. The molecule has 0 aliphatic carbocycles. The average Bonchev–Trinajstić information content (AvgIpc) is 2.87. The van der Waals surface area contributed by atoms with Crippen LogP contribution in [0.15, 0.2) is 34.5 Å². The minimum atomic E-state index is -3.59. The highest BCUT2D eigenvalue weighted by Crippen LogP contribution is 2.34. The molecule has 0 saturated carbocycles. The molecule has 110 valence electrons. The molecule has 3 rings (SSSR count). The summed E-state index contributed by atoms with van der Waals surface area (Å²) in [6.45, 7) is 3.97. The standard InChI is InChI=1S/C15H15NO3S2/c1-10-3-5-13-12(9-10)14(17)7-8-16(13)21(18,19)15-6-4-11(2)20-15/h3-6,9H,7-8H2,1-2H3. The molecular formula is C15H15NO3S2.